The number of hydrogen-bond donors (Lipinski definition) is 0. The van der Waals surface area contributed by atoms with Crippen LogP contribution in [0.1, 0.15) is 27.9 Å². The molecular formula is C21H23FN2O2. The lowest BCUT2D eigenvalue weighted by Gasteiger charge is -2.35. The third kappa shape index (κ3) is 4.48. The van der Waals surface area contributed by atoms with Crippen LogP contribution in [-0.2, 0) is 11.2 Å². The molecular weight excluding hydrogens is 331 g/mol. The van der Waals surface area contributed by atoms with Gasteiger partial charge < -0.3 is 9.80 Å². The SMILES string of the molecule is Cc1ccc(CCC(=O)N2CCN(C(=O)c3ccc(F)cc3)CC2)cc1. The van der Waals surface area contributed by atoms with E-state index in [2.05, 4.69) is 24.3 Å². The van der Waals surface area contributed by atoms with E-state index in [0.29, 0.717) is 38.2 Å². The lowest BCUT2D eigenvalue weighted by Crippen LogP contribution is -2.50. The second-order valence-corrected chi connectivity index (χ2v) is 6.67. The highest BCUT2D eigenvalue weighted by atomic mass is 19.1. The summed E-state index contributed by atoms with van der Waals surface area (Å²) in [6.07, 6.45) is 1.21. The van der Waals surface area contributed by atoms with Gasteiger partial charge in [-0.25, -0.2) is 4.39 Å². The molecule has 1 aliphatic heterocycles. The van der Waals surface area contributed by atoms with Crippen molar-refractivity contribution in [3.63, 3.8) is 0 Å². The lowest BCUT2D eigenvalue weighted by atomic mass is 10.1. The normalized spacial score (nSPS) is 14.4. The summed E-state index contributed by atoms with van der Waals surface area (Å²) < 4.78 is 13.0. The molecule has 0 bridgehead atoms. The fourth-order valence-electron chi connectivity index (χ4n) is 3.10. The van der Waals surface area contributed by atoms with E-state index in [4.69, 9.17) is 0 Å². The van der Waals surface area contributed by atoms with E-state index in [1.165, 1.54) is 29.8 Å². The zero-order valence-corrected chi connectivity index (χ0v) is 15.0. The highest BCUT2D eigenvalue weighted by Crippen LogP contribution is 2.12. The van der Waals surface area contributed by atoms with Gasteiger partial charge in [-0.05, 0) is 43.2 Å². The highest BCUT2D eigenvalue weighted by Gasteiger charge is 2.24. The molecule has 0 radical (unpaired) electrons. The first-order valence-corrected chi connectivity index (χ1v) is 8.91. The number of carbonyl (C=O) groups excluding carboxylic acids is 2. The molecule has 1 fully saturated rings. The molecule has 0 spiro atoms. The number of piperazine rings is 1. The Balaban J connectivity index is 1.48. The largest absolute Gasteiger partial charge is 0.339 e. The van der Waals surface area contributed by atoms with E-state index >= 15 is 0 Å². The molecule has 0 aliphatic carbocycles. The quantitative estimate of drug-likeness (QED) is 0.847. The first kappa shape index (κ1) is 18.1. The molecule has 136 valence electrons. The summed E-state index contributed by atoms with van der Waals surface area (Å²) in [6, 6.07) is 13.8. The number of benzene rings is 2. The first-order chi connectivity index (χ1) is 12.5. The zero-order valence-electron chi connectivity index (χ0n) is 15.0. The van der Waals surface area contributed by atoms with E-state index in [-0.39, 0.29) is 17.6 Å². The second-order valence-electron chi connectivity index (χ2n) is 6.67. The van der Waals surface area contributed by atoms with Gasteiger partial charge in [0.2, 0.25) is 5.91 Å². The predicted octanol–water partition coefficient (Wildman–Crippen LogP) is 3.05. The third-order valence-electron chi connectivity index (χ3n) is 4.76. The molecule has 0 atom stereocenters. The Morgan fingerprint density at radius 2 is 1.46 bits per heavy atom. The van der Waals surface area contributed by atoms with Gasteiger partial charge in [-0.2, -0.15) is 0 Å². The van der Waals surface area contributed by atoms with Crippen molar-refractivity contribution in [2.45, 2.75) is 19.8 Å². The number of halogens is 1. The number of nitrogens with zero attached hydrogens (tertiary/aromatic N) is 2. The van der Waals surface area contributed by atoms with Gasteiger partial charge in [-0.3, -0.25) is 9.59 Å². The second kappa shape index (κ2) is 8.13. The number of carbonyl (C=O) groups is 2. The van der Waals surface area contributed by atoms with Crippen LogP contribution in [0.5, 0.6) is 0 Å². The molecule has 2 amide bonds. The Morgan fingerprint density at radius 1 is 0.885 bits per heavy atom. The maximum atomic E-state index is 13.0. The van der Waals surface area contributed by atoms with Crippen molar-refractivity contribution in [3.8, 4) is 0 Å². The van der Waals surface area contributed by atoms with Crippen LogP contribution in [0.2, 0.25) is 0 Å². The molecule has 4 nitrogen and oxygen atoms in total. The van der Waals surface area contributed by atoms with Crippen LogP contribution in [0.3, 0.4) is 0 Å². The predicted molar refractivity (Wildman–Crippen MR) is 98.4 cm³/mol. The van der Waals surface area contributed by atoms with Gasteiger partial charge in [0.25, 0.3) is 5.91 Å². The molecule has 0 saturated carbocycles. The fourth-order valence-corrected chi connectivity index (χ4v) is 3.10. The van der Waals surface area contributed by atoms with E-state index in [1.54, 1.807) is 4.90 Å². The van der Waals surface area contributed by atoms with E-state index < -0.39 is 0 Å². The smallest absolute Gasteiger partial charge is 0.253 e. The maximum Gasteiger partial charge on any atom is 0.253 e. The number of aryl methyl sites for hydroxylation is 2. The van der Waals surface area contributed by atoms with Gasteiger partial charge in [-0.1, -0.05) is 29.8 Å². The average Bonchev–Trinajstić information content (AvgIpc) is 2.67. The molecule has 2 aromatic carbocycles. The van der Waals surface area contributed by atoms with E-state index in [1.807, 2.05) is 11.8 Å². The molecule has 0 unspecified atom stereocenters. The minimum absolute atomic E-state index is 0.114. The van der Waals surface area contributed by atoms with Crippen LogP contribution in [0, 0.1) is 12.7 Å². The number of hydrogen-bond acceptors (Lipinski definition) is 2. The Morgan fingerprint density at radius 3 is 2.08 bits per heavy atom. The van der Waals surface area contributed by atoms with Crippen molar-refractivity contribution in [1.82, 2.24) is 9.80 Å². The van der Waals surface area contributed by atoms with Crippen molar-refractivity contribution in [2.75, 3.05) is 26.2 Å². The highest BCUT2D eigenvalue weighted by molar-refractivity contribution is 5.94. The Labute approximate surface area is 153 Å². The lowest BCUT2D eigenvalue weighted by molar-refractivity contribution is -0.132. The number of amides is 2. The maximum absolute atomic E-state index is 13.0. The molecule has 26 heavy (non-hydrogen) atoms. The molecule has 0 aromatic heterocycles. The first-order valence-electron chi connectivity index (χ1n) is 8.91. The Kier molecular flexibility index (Phi) is 5.66. The van der Waals surface area contributed by atoms with Crippen molar-refractivity contribution in [1.29, 1.82) is 0 Å². The van der Waals surface area contributed by atoms with Crippen LogP contribution in [0.25, 0.3) is 0 Å². The van der Waals surface area contributed by atoms with E-state index in [9.17, 15) is 14.0 Å². The van der Waals surface area contributed by atoms with Crippen molar-refractivity contribution >= 4 is 11.8 Å². The van der Waals surface area contributed by atoms with Gasteiger partial charge in [0.15, 0.2) is 0 Å². The Bertz CT molecular complexity index is 764. The number of rotatable bonds is 4. The minimum Gasteiger partial charge on any atom is -0.339 e. The summed E-state index contributed by atoms with van der Waals surface area (Å²) in [6.45, 7) is 4.14. The van der Waals surface area contributed by atoms with Crippen molar-refractivity contribution < 1.29 is 14.0 Å². The van der Waals surface area contributed by atoms with Crippen LogP contribution in [-0.4, -0.2) is 47.8 Å². The zero-order chi connectivity index (χ0) is 18.5. The topological polar surface area (TPSA) is 40.6 Å². The summed E-state index contributed by atoms with van der Waals surface area (Å²) >= 11 is 0. The van der Waals surface area contributed by atoms with Gasteiger partial charge in [0.05, 0.1) is 0 Å². The summed E-state index contributed by atoms with van der Waals surface area (Å²) in [5, 5.41) is 0. The molecule has 1 heterocycles. The van der Waals surface area contributed by atoms with E-state index in [0.717, 1.165) is 12.0 Å². The van der Waals surface area contributed by atoms with Crippen molar-refractivity contribution in [3.05, 3.63) is 71.0 Å². The summed E-state index contributed by atoms with van der Waals surface area (Å²) in [7, 11) is 0. The monoisotopic (exact) mass is 354 g/mol. The molecule has 5 heteroatoms. The third-order valence-corrected chi connectivity index (χ3v) is 4.76. The molecule has 2 aromatic rings. The molecule has 0 N–H and O–H groups in total. The molecule has 1 aliphatic rings. The van der Waals surface area contributed by atoms with Crippen LogP contribution in [0.15, 0.2) is 48.5 Å². The van der Waals surface area contributed by atoms with Crippen LogP contribution in [0.4, 0.5) is 4.39 Å². The Hall–Kier alpha value is -2.69. The standard InChI is InChI=1S/C21H23FN2O2/c1-16-2-4-17(5-3-16)6-11-20(25)23-12-14-24(15-13-23)21(26)18-7-9-19(22)10-8-18/h2-5,7-10H,6,11-15H2,1H3. The van der Waals surface area contributed by atoms with Gasteiger partial charge in [0.1, 0.15) is 5.82 Å². The van der Waals surface area contributed by atoms with Crippen molar-refractivity contribution in [2.24, 2.45) is 0 Å². The van der Waals surface area contributed by atoms with Gasteiger partial charge in [0, 0.05) is 38.2 Å². The molecule has 1 saturated heterocycles. The summed E-state index contributed by atoms with van der Waals surface area (Å²) in [4.78, 5) is 28.4. The molecule has 3 rings (SSSR count). The van der Waals surface area contributed by atoms with Crippen LogP contribution >= 0.6 is 0 Å². The fraction of sp³-hybridized carbons (Fsp3) is 0.333. The van der Waals surface area contributed by atoms with Gasteiger partial charge >= 0.3 is 0 Å². The minimum atomic E-state index is -0.356. The summed E-state index contributed by atoms with van der Waals surface area (Å²) in [5.41, 5.74) is 2.85. The van der Waals surface area contributed by atoms with Crippen LogP contribution < -0.4 is 0 Å². The van der Waals surface area contributed by atoms with Gasteiger partial charge in [-0.15, -0.1) is 0 Å². The average molecular weight is 354 g/mol. The summed E-state index contributed by atoms with van der Waals surface area (Å²) in [5.74, 6) is -0.346.